The molecule has 0 fully saturated rings. The van der Waals surface area contributed by atoms with Crippen LogP contribution in [0.5, 0.6) is 0 Å². The molecule has 0 aromatic heterocycles. The molecule has 1 N–H and O–H groups in total. The van der Waals surface area contributed by atoms with Crippen molar-refractivity contribution in [3.8, 4) is 0 Å². The summed E-state index contributed by atoms with van der Waals surface area (Å²) in [5.74, 6) is 7.08. The van der Waals surface area contributed by atoms with Crippen LogP contribution >= 0.6 is 0 Å². The molecule has 0 unspecified atom stereocenters. The van der Waals surface area contributed by atoms with Gasteiger partial charge in [-0.15, -0.1) is 0 Å². The third kappa shape index (κ3) is 1230. The zero-order valence-electron chi connectivity index (χ0n) is 27.4. The van der Waals surface area contributed by atoms with Crippen molar-refractivity contribution < 1.29 is 278 Å². The van der Waals surface area contributed by atoms with Crippen molar-refractivity contribution in [2.75, 3.05) is 7.05 Å². The Morgan fingerprint density at radius 1 is 0.256 bits per heavy atom. The van der Waals surface area contributed by atoms with Crippen LogP contribution in [0, 0.1) is 36.5 Å². The first-order valence-electron chi connectivity index (χ1n) is 8.71. The van der Waals surface area contributed by atoms with Gasteiger partial charge in [-0.05, 0) is 0 Å². The summed E-state index contributed by atoms with van der Waals surface area (Å²) >= 11 is 0. The molecule has 0 aliphatic carbocycles. The molecule has 0 atom stereocenters. The minimum absolute atomic E-state index is 0. The summed E-state index contributed by atoms with van der Waals surface area (Å²) in [7, 11) is 1.25. The van der Waals surface area contributed by atoms with E-state index in [4.69, 9.17) is 5.73 Å². The van der Waals surface area contributed by atoms with Crippen LogP contribution in [0.15, 0.2) is 0 Å². The fourth-order valence-corrected chi connectivity index (χ4v) is 0. The second kappa shape index (κ2) is 174. The Morgan fingerprint density at radius 2 is 0.256 bits per heavy atom. The van der Waals surface area contributed by atoms with E-state index in [1.165, 1.54) is 36.6 Å². The fourth-order valence-electron chi connectivity index (χ4n) is 0. The van der Waals surface area contributed by atoms with E-state index >= 15 is 0 Å². The van der Waals surface area contributed by atoms with Crippen molar-refractivity contribution in [1.82, 2.24) is 0 Å². The summed E-state index contributed by atoms with van der Waals surface area (Å²) in [4.78, 5) is 0. The number of nitrogens with one attached hydrogen (secondary N) is 1. The van der Waals surface area contributed by atoms with E-state index in [0.29, 0.717) is 0 Å². The number of rotatable bonds is 0. The smallest absolute Gasteiger partial charge is 0.680 e. The fraction of sp³-hybridized carbons (Fsp3) is 0.739. The molecule has 229 valence electrons. The van der Waals surface area contributed by atoms with Gasteiger partial charge in [-0.1, -0.05) is 0 Å². The van der Waals surface area contributed by atoms with Gasteiger partial charge in [0.05, 0.1) is 0 Å². The predicted molar refractivity (Wildman–Crippen MR) is 123 cm³/mol. The van der Waals surface area contributed by atoms with Gasteiger partial charge in [0.15, 0.2) is 0 Å². The monoisotopic (exact) mass is 1110 g/mol. The largest absolute Gasteiger partial charge is 2.00 e. The summed E-state index contributed by atoms with van der Waals surface area (Å²) in [5.41, 5.74) is 5.75. The first-order valence-corrected chi connectivity index (χ1v) is 8.71. The minimum atomic E-state index is 0. The molecule has 0 aliphatic rings. The summed E-state index contributed by atoms with van der Waals surface area (Å²) in [5, 5.41) is 0. The molecule has 16 heteroatoms. The number of hydrogen-bond acceptors (Lipinski definition) is 0. The Bertz CT molecular complexity index is 102. The molecule has 1 nitrogen and oxygen atoms in total. The molecular weight excluding hydrogens is 1050 g/mol. The maximum atomic E-state index is 5.75. The first-order chi connectivity index (χ1) is 10.7. The SMILES string of the molecule is C[C-](C)C.C[C-](C)C.C[C-](C)C.C[C-](C)C.C[C-](C)C.C[NH-].[CH2-]C.[V+2].[V+2].[V].[V].[V].[V].[V].[V].[V].[V].[V].[V].[V].[V].[V]. The van der Waals surface area contributed by atoms with Crippen molar-refractivity contribution in [2.24, 2.45) is 0 Å². The predicted octanol–water partition coefficient (Wildman–Crippen LogP) is 9.57. The average molecular weight is 1110 g/mol. The van der Waals surface area contributed by atoms with Crippen LogP contribution in [0.1, 0.15) is 111 Å². The molecule has 0 saturated heterocycles. The van der Waals surface area contributed by atoms with E-state index < -0.39 is 0 Å². The summed E-state index contributed by atoms with van der Waals surface area (Å²) in [6.45, 7) is 36.2. The van der Waals surface area contributed by atoms with E-state index in [0.717, 1.165) is 0 Å². The van der Waals surface area contributed by atoms with Gasteiger partial charge in [-0.3, -0.25) is 0 Å². The zero-order valence-corrected chi connectivity index (χ0v) is 48.4. The second-order valence-electron chi connectivity index (χ2n) is 7.50. The molecule has 0 heterocycles. The van der Waals surface area contributed by atoms with Gasteiger partial charge in [0.25, 0.3) is 0 Å². The van der Waals surface area contributed by atoms with Gasteiger partial charge in [0.2, 0.25) is 0 Å². The normalized spacial score (nSPS) is 4.92. The quantitative estimate of drug-likeness (QED) is 0.216. The second-order valence-corrected chi connectivity index (χ2v) is 7.50. The molecule has 0 saturated carbocycles. The Labute approximate surface area is 430 Å². The Hall–Kier alpha value is 8.73. The van der Waals surface area contributed by atoms with E-state index in [1.807, 2.05) is 0 Å². The van der Waals surface area contributed by atoms with Crippen LogP contribution in [0.4, 0.5) is 0 Å². The van der Waals surface area contributed by atoms with Crippen molar-refractivity contribution in [2.45, 2.75) is 111 Å². The van der Waals surface area contributed by atoms with Crippen LogP contribution in [-0.2, 0) is 278 Å². The Morgan fingerprint density at radius 3 is 0.256 bits per heavy atom. The van der Waals surface area contributed by atoms with Gasteiger partial charge in [-0.2, -0.15) is 118 Å². The van der Waals surface area contributed by atoms with Gasteiger partial charge in [0.1, 0.15) is 0 Å². The van der Waals surface area contributed by atoms with Gasteiger partial charge < -0.3 is 42.2 Å². The van der Waals surface area contributed by atoms with Crippen LogP contribution in [0.2, 0.25) is 0 Å². The van der Waals surface area contributed by atoms with Gasteiger partial charge in [-0.25, -0.2) is 0 Å². The van der Waals surface area contributed by atoms with Crippen molar-refractivity contribution in [3.63, 3.8) is 0 Å². The maximum Gasteiger partial charge on any atom is 2.00 e. The molecule has 0 spiro atoms. The first kappa shape index (κ1) is 157. The van der Waals surface area contributed by atoms with Crippen molar-refractivity contribution in [1.29, 1.82) is 0 Å². The van der Waals surface area contributed by atoms with E-state index in [-0.39, 0.29) is 278 Å². The molecule has 0 aliphatic heterocycles. The van der Waals surface area contributed by atoms with E-state index in [1.54, 1.807) is 6.92 Å². The molecule has 0 aromatic carbocycles. The third-order valence-corrected chi connectivity index (χ3v) is 0. The third-order valence-electron chi connectivity index (χ3n) is 0. The summed E-state index contributed by atoms with van der Waals surface area (Å²) in [6.07, 6.45) is 0. The van der Waals surface area contributed by atoms with Crippen LogP contribution in [0.25, 0.3) is 5.73 Å². The topological polar surface area (TPSA) is 23.8 Å². The maximum absolute atomic E-state index is 5.75. The Kier molecular flexibility index (Phi) is 701. The molecule has 0 aromatic rings. The molecule has 15 radical (unpaired) electrons. The van der Waals surface area contributed by atoms with Gasteiger partial charge in [0, 0.05) is 241 Å². The van der Waals surface area contributed by atoms with Crippen LogP contribution < -0.4 is 0 Å². The standard InChI is InChI=1S/5C4H9.C2H5.CH4N.15V/c5*1-4(2)3;2*1-2;;;;;;;;;;;;;;;/h5*1-3H3;1H2,2H3;2H,1H3;;;;;;;;;;;;;;;/q7*-1;;;;;;;;;;;;;;2*+2. The van der Waals surface area contributed by atoms with Gasteiger partial charge >= 0.3 is 37.1 Å². The molecule has 0 rings (SSSR count). The zero-order chi connectivity index (χ0) is 21.9. The van der Waals surface area contributed by atoms with E-state index in [2.05, 4.69) is 111 Å². The molecule has 39 heavy (non-hydrogen) atoms. The Balaban J connectivity index is -0.00000000410. The molecule has 0 bridgehead atoms. The van der Waals surface area contributed by atoms with Crippen molar-refractivity contribution in [3.05, 3.63) is 42.2 Å². The number of hydrogen-bond donors (Lipinski definition) is 0. The molecule has 0 amide bonds. The summed E-state index contributed by atoms with van der Waals surface area (Å²) < 4.78 is 0. The van der Waals surface area contributed by atoms with Crippen LogP contribution in [-0.4, -0.2) is 7.05 Å². The average Bonchev–Trinajstić information content (AvgIpc) is 2.29. The molecular formula is C23H54NV15-3. The minimum Gasteiger partial charge on any atom is -0.680 e. The van der Waals surface area contributed by atoms with Crippen molar-refractivity contribution >= 4 is 0 Å². The van der Waals surface area contributed by atoms with E-state index in [9.17, 15) is 0 Å². The van der Waals surface area contributed by atoms with Crippen LogP contribution in [0.3, 0.4) is 0 Å². The summed E-state index contributed by atoms with van der Waals surface area (Å²) in [6, 6.07) is 0.